The van der Waals surface area contributed by atoms with Crippen molar-refractivity contribution < 1.29 is 18.7 Å². The zero-order valence-corrected chi connectivity index (χ0v) is 12.6. The molecule has 0 unspecified atom stereocenters. The van der Waals surface area contributed by atoms with E-state index in [0.717, 1.165) is 0 Å². The summed E-state index contributed by atoms with van der Waals surface area (Å²) in [6.07, 6.45) is 0.197. The topological polar surface area (TPSA) is 70.7 Å². The van der Waals surface area contributed by atoms with Gasteiger partial charge in [-0.3, -0.25) is 4.79 Å². The minimum Gasteiger partial charge on any atom is -0.383 e. The van der Waals surface area contributed by atoms with Crippen molar-refractivity contribution in [1.82, 2.24) is 10.6 Å². The van der Waals surface area contributed by atoms with Gasteiger partial charge in [0.2, 0.25) is 5.91 Å². The van der Waals surface area contributed by atoms with Gasteiger partial charge in [-0.1, -0.05) is 6.07 Å². The van der Waals surface area contributed by atoms with Crippen LogP contribution in [0.4, 0.5) is 14.9 Å². The van der Waals surface area contributed by atoms with Crippen molar-refractivity contribution in [3.8, 4) is 0 Å². The Morgan fingerprint density at radius 3 is 3.00 bits per heavy atom. The molecule has 1 heterocycles. The van der Waals surface area contributed by atoms with Gasteiger partial charge in [0, 0.05) is 25.8 Å². The summed E-state index contributed by atoms with van der Waals surface area (Å²) in [6.45, 7) is 2.56. The predicted octanol–water partition coefficient (Wildman–Crippen LogP) is 1.27. The normalized spacial score (nSPS) is 19.1. The maximum Gasteiger partial charge on any atom is 0.315 e. The molecular weight excluding hydrogens is 289 g/mol. The summed E-state index contributed by atoms with van der Waals surface area (Å²) >= 11 is 0. The van der Waals surface area contributed by atoms with Crippen LogP contribution in [0.2, 0.25) is 0 Å². The first kappa shape index (κ1) is 16.2. The second kappa shape index (κ2) is 7.22. The van der Waals surface area contributed by atoms with Crippen LogP contribution in [0.5, 0.6) is 0 Å². The summed E-state index contributed by atoms with van der Waals surface area (Å²) in [7, 11) is 1.56. The molecule has 7 heteroatoms. The highest BCUT2D eigenvalue weighted by atomic mass is 19.1. The molecule has 0 aromatic heterocycles. The average molecular weight is 309 g/mol. The van der Waals surface area contributed by atoms with Crippen LogP contribution in [-0.4, -0.2) is 44.3 Å². The van der Waals surface area contributed by atoms with Crippen LogP contribution in [0.15, 0.2) is 24.3 Å². The molecule has 0 radical (unpaired) electrons. The second-order valence-electron chi connectivity index (χ2n) is 5.36. The molecule has 2 N–H and O–H groups in total. The molecule has 3 amide bonds. The lowest BCUT2D eigenvalue weighted by atomic mass is 10.2. The van der Waals surface area contributed by atoms with Crippen molar-refractivity contribution in [2.75, 3.05) is 25.2 Å². The lowest BCUT2D eigenvalue weighted by molar-refractivity contribution is -0.117. The Bertz CT molecular complexity index is 553. The van der Waals surface area contributed by atoms with Crippen LogP contribution in [0.3, 0.4) is 0 Å². The fourth-order valence-electron chi connectivity index (χ4n) is 2.44. The van der Waals surface area contributed by atoms with E-state index in [0.29, 0.717) is 18.8 Å². The molecule has 1 aromatic carbocycles. The summed E-state index contributed by atoms with van der Waals surface area (Å²) in [5.74, 6) is -0.534. The van der Waals surface area contributed by atoms with E-state index in [4.69, 9.17) is 4.74 Å². The Morgan fingerprint density at radius 1 is 1.55 bits per heavy atom. The number of halogens is 1. The molecule has 0 spiro atoms. The van der Waals surface area contributed by atoms with Crippen LogP contribution < -0.4 is 15.5 Å². The van der Waals surface area contributed by atoms with Crippen molar-refractivity contribution in [1.29, 1.82) is 0 Å². The van der Waals surface area contributed by atoms with Gasteiger partial charge in [-0.2, -0.15) is 0 Å². The van der Waals surface area contributed by atoms with Gasteiger partial charge in [0.1, 0.15) is 5.82 Å². The number of ether oxygens (including phenoxy) is 1. The average Bonchev–Trinajstić information content (AvgIpc) is 2.79. The Kier molecular flexibility index (Phi) is 5.32. The smallest absolute Gasteiger partial charge is 0.315 e. The van der Waals surface area contributed by atoms with Gasteiger partial charge >= 0.3 is 6.03 Å². The van der Waals surface area contributed by atoms with E-state index in [1.54, 1.807) is 19.2 Å². The molecule has 0 aliphatic carbocycles. The Hall–Kier alpha value is -2.15. The maximum absolute atomic E-state index is 13.2. The molecule has 6 nitrogen and oxygen atoms in total. The third-order valence-electron chi connectivity index (χ3n) is 3.37. The minimum absolute atomic E-state index is 0.124. The number of nitrogens with one attached hydrogen (secondary N) is 2. The molecule has 120 valence electrons. The zero-order valence-electron chi connectivity index (χ0n) is 12.6. The lowest BCUT2D eigenvalue weighted by Gasteiger charge is -2.18. The number of carbonyl (C=O) groups is 2. The van der Waals surface area contributed by atoms with Gasteiger partial charge in [0.05, 0.1) is 18.7 Å². The van der Waals surface area contributed by atoms with Gasteiger partial charge in [0.15, 0.2) is 0 Å². The van der Waals surface area contributed by atoms with Crippen LogP contribution >= 0.6 is 0 Å². The largest absolute Gasteiger partial charge is 0.383 e. The molecule has 2 atom stereocenters. The molecule has 22 heavy (non-hydrogen) atoms. The van der Waals surface area contributed by atoms with E-state index >= 15 is 0 Å². The molecule has 1 aromatic rings. The highest BCUT2D eigenvalue weighted by Gasteiger charge is 2.31. The zero-order chi connectivity index (χ0) is 16.1. The number of hydrogen-bond donors (Lipinski definition) is 2. The minimum atomic E-state index is -0.396. The third-order valence-corrected chi connectivity index (χ3v) is 3.37. The number of rotatable bonds is 5. The summed E-state index contributed by atoms with van der Waals surface area (Å²) in [5, 5.41) is 5.47. The van der Waals surface area contributed by atoms with E-state index < -0.39 is 5.82 Å². The lowest BCUT2D eigenvalue weighted by Crippen LogP contribution is -2.47. The van der Waals surface area contributed by atoms with Crippen molar-refractivity contribution in [2.24, 2.45) is 0 Å². The highest BCUT2D eigenvalue weighted by molar-refractivity contribution is 5.96. The number of urea groups is 1. The number of carbonyl (C=O) groups excluding carboxylic acids is 2. The van der Waals surface area contributed by atoms with Crippen LogP contribution in [-0.2, 0) is 9.53 Å². The molecule has 1 saturated heterocycles. The van der Waals surface area contributed by atoms with Crippen LogP contribution in [0, 0.1) is 5.82 Å². The van der Waals surface area contributed by atoms with E-state index in [1.165, 1.54) is 17.0 Å². The first-order valence-corrected chi connectivity index (χ1v) is 7.11. The molecule has 0 bridgehead atoms. The van der Waals surface area contributed by atoms with Crippen molar-refractivity contribution in [3.63, 3.8) is 0 Å². The predicted molar refractivity (Wildman–Crippen MR) is 80.2 cm³/mol. The SMILES string of the molecule is COC[C@H](C)NC(=O)N[C@@H]1CC(=O)N(c2cccc(F)c2)C1. The molecule has 0 saturated carbocycles. The van der Waals surface area contributed by atoms with E-state index in [2.05, 4.69) is 10.6 Å². The molecule has 1 aliphatic rings. The van der Waals surface area contributed by atoms with Crippen molar-refractivity contribution in [2.45, 2.75) is 25.4 Å². The third kappa shape index (κ3) is 4.17. The summed E-state index contributed by atoms with van der Waals surface area (Å²) < 4.78 is 18.2. The number of amides is 3. The van der Waals surface area contributed by atoms with Gasteiger partial charge < -0.3 is 20.3 Å². The van der Waals surface area contributed by atoms with Gasteiger partial charge in [-0.15, -0.1) is 0 Å². The quantitative estimate of drug-likeness (QED) is 0.860. The molecular formula is C15H20FN3O3. The Morgan fingerprint density at radius 2 is 2.32 bits per heavy atom. The molecule has 1 fully saturated rings. The number of methoxy groups -OCH3 is 1. The van der Waals surface area contributed by atoms with Gasteiger partial charge in [-0.25, -0.2) is 9.18 Å². The number of nitrogens with zero attached hydrogens (tertiary/aromatic N) is 1. The maximum atomic E-state index is 13.2. The summed E-state index contributed by atoms with van der Waals surface area (Å²) in [4.78, 5) is 25.3. The Labute approximate surface area is 128 Å². The highest BCUT2D eigenvalue weighted by Crippen LogP contribution is 2.22. The van der Waals surface area contributed by atoms with Crippen LogP contribution in [0.1, 0.15) is 13.3 Å². The van der Waals surface area contributed by atoms with Crippen LogP contribution in [0.25, 0.3) is 0 Å². The fraction of sp³-hybridized carbons (Fsp3) is 0.467. The molecule has 1 aliphatic heterocycles. The number of hydrogen-bond acceptors (Lipinski definition) is 3. The van der Waals surface area contributed by atoms with E-state index in [1.807, 2.05) is 6.92 Å². The van der Waals surface area contributed by atoms with E-state index in [9.17, 15) is 14.0 Å². The first-order chi connectivity index (χ1) is 10.5. The van der Waals surface area contributed by atoms with Gasteiger partial charge in [-0.05, 0) is 25.1 Å². The standard InChI is InChI=1S/C15H20FN3O3/c1-10(9-22-2)17-15(21)18-12-7-14(20)19(8-12)13-5-3-4-11(16)6-13/h3-6,10,12H,7-9H2,1-2H3,(H2,17,18,21)/t10-,12+/m0/s1. The van der Waals surface area contributed by atoms with Gasteiger partial charge in [0.25, 0.3) is 0 Å². The molecule has 2 rings (SSSR count). The number of anilines is 1. The monoisotopic (exact) mass is 309 g/mol. The number of benzene rings is 1. The first-order valence-electron chi connectivity index (χ1n) is 7.11. The fourth-order valence-corrected chi connectivity index (χ4v) is 2.44. The van der Waals surface area contributed by atoms with Crippen molar-refractivity contribution >= 4 is 17.6 Å². The Balaban J connectivity index is 1.91. The second-order valence-corrected chi connectivity index (χ2v) is 5.36. The van der Waals surface area contributed by atoms with E-state index in [-0.39, 0.29) is 30.4 Å². The summed E-state index contributed by atoms with van der Waals surface area (Å²) in [5.41, 5.74) is 0.502. The van der Waals surface area contributed by atoms with Crippen molar-refractivity contribution in [3.05, 3.63) is 30.1 Å². The summed E-state index contributed by atoms with van der Waals surface area (Å²) in [6, 6.07) is 5.09.